The first-order chi connectivity index (χ1) is 9.09. The Labute approximate surface area is 113 Å². The minimum absolute atomic E-state index is 0.00841. The number of hydrogen-bond donors (Lipinski definition) is 0. The molecule has 0 fully saturated rings. The molecule has 1 aromatic heterocycles. The summed E-state index contributed by atoms with van der Waals surface area (Å²) in [5, 5.41) is 4.24. The molecule has 0 aliphatic heterocycles. The third-order valence-corrected chi connectivity index (χ3v) is 2.87. The first-order valence-electron chi connectivity index (χ1n) is 6.39. The molecule has 2 rings (SSSR count). The summed E-state index contributed by atoms with van der Waals surface area (Å²) >= 11 is 0. The molecule has 0 aliphatic rings. The predicted octanol–water partition coefficient (Wildman–Crippen LogP) is 3.06. The monoisotopic (exact) mass is 258 g/mol. The minimum atomic E-state index is -0.338. The Kier molecular flexibility index (Phi) is 4.00. The molecule has 0 spiro atoms. The van der Waals surface area contributed by atoms with Gasteiger partial charge in [0.05, 0.1) is 12.1 Å². The number of carbonyl (C=O) groups is 1. The van der Waals surface area contributed by atoms with Gasteiger partial charge in [0.2, 0.25) is 0 Å². The summed E-state index contributed by atoms with van der Waals surface area (Å²) in [6, 6.07) is 11.6. The summed E-state index contributed by atoms with van der Waals surface area (Å²) in [5.74, 6) is -0.338. The van der Waals surface area contributed by atoms with Crippen LogP contribution in [0.15, 0.2) is 42.6 Å². The highest BCUT2D eigenvalue weighted by molar-refractivity contribution is 5.87. The summed E-state index contributed by atoms with van der Waals surface area (Å²) in [4.78, 5) is 12.0. The fourth-order valence-corrected chi connectivity index (χ4v) is 1.93. The maximum atomic E-state index is 12.0. The normalized spacial score (nSPS) is 12.4. The maximum Gasteiger partial charge on any atom is 0.356 e. The van der Waals surface area contributed by atoms with Gasteiger partial charge in [0.1, 0.15) is 5.69 Å². The minimum Gasteiger partial charge on any atom is -0.458 e. The lowest BCUT2D eigenvalue weighted by atomic mass is 10.1. The fraction of sp³-hybridized carbons (Fsp3) is 0.333. The van der Waals surface area contributed by atoms with E-state index >= 15 is 0 Å². The first-order valence-corrected chi connectivity index (χ1v) is 6.39. The number of benzene rings is 1. The van der Waals surface area contributed by atoms with Crippen molar-refractivity contribution < 1.29 is 9.53 Å². The van der Waals surface area contributed by atoms with Crippen molar-refractivity contribution in [2.45, 2.75) is 32.9 Å². The van der Waals surface area contributed by atoms with Crippen molar-refractivity contribution in [3.05, 3.63) is 53.9 Å². The SMILES string of the molecule is CC(C)OC(=O)c1ccnn1[C@H](C)c1ccccc1. The number of esters is 1. The predicted molar refractivity (Wildman–Crippen MR) is 73.0 cm³/mol. The van der Waals surface area contributed by atoms with Crippen LogP contribution in [0, 0.1) is 0 Å². The molecule has 0 saturated carbocycles. The van der Waals surface area contributed by atoms with E-state index in [9.17, 15) is 4.79 Å². The maximum absolute atomic E-state index is 12.0. The van der Waals surface area contributed by atoms with Crippen molar-refractivity contribution in [3.63, 3.8) is 0 Å². The van der Waals surface area contributed by atoms with Gasteiger partial charge in [-0.2, -0.15) is 5.10 Å². The molecule has 0 aliphatic carbocycles. The average molecular weight is 258 g/mol. The van der Waals surface area contributed by atoms with E-state index in [0.717, 1.165) is 5.56 Å². The van der Waals surface area contributed by atoms with Crippen LogP contribution >= 0.6 is 0 Å². The van der Waals surface area contributed by atoms with E-state index < -0.39 is 0 Å². The summed E-state index contributed by atoms with van der Waals surface area (Å²) in [5.41, 5.74) is 1.58. The molecule has 4 nitrogen and oxygen atoms in total. The number of nitrogens with zero attached hydrogens (tertiary/aromatic N) is 2. The van der Waals surface area contributed by atoms with Gasteiger partial charge in [-0.25, -0.2) is 4.79 Å². The van der Waals surface area contributed by atoms with Crippen molar-refractivity contribution in [2.75, 3.05) is 0 Å². The van der Waals surface area contributed by atoms with Crippen molar-refractivity contribution in [1.82, 2.24) is 9.78 Å². The first kappa shape index (κ1) is 13.3. The summed E-state index contributed by atoms with van der Waals surface area (Å²) in [7, 11) is 0. The average Bonchev–Trinajstić information content (AvgIpc) is 2.87. The molecule has 1 atom stereocenters. The molecule has 1 aromatic carbocycles. The molecule has 0 N–H and O–H groups in total. The Morgan fingerprint density at radius 3 is 2.47 bits per heavy atom. The highest BCUT2D eigenvalue weighted by Crippen LogP contribution is 2.19. The number of carbonyl (C=O) groups excluding carboxylic acids is 1. The smallest absolute Gasteiger partial charge is 0.356 e. The lowest BCUT2D eigenvalue weighted by molar-refractivity contribution is 0.0362. The quantitative estimate of drug-likeness (QED) is 0.792. The summed E-state index contributed by atoms with van der Waals surface area (Å²) in [6.07, 6.45) is 1.49. The van der Waals surface area contributed by atoms with E-state index in [1.807, 2.05) is 51.1 Å². The van der Waals surface area contributed by atoms with Crippen LogP contribution in [0.5, 0.6) is 0 Å². The fourth-order valence-electron chi connectivity index (χ4n) is 1.93. The third-order valence-electron chi connectivity index (χ3n) is 2.87. The lowest BCUT2D eigenvalue weighted by Gasteiger charge is -2.16. The van der Waals surface area contributed by atoms with Crippen LogP contribution in [-0.2, 0) is 4.74 Å². The van der Waals surface area contributed by atoms with Crippen LogP contribution in [0.2, 0.25) is 0 Å². The summed E-state index contributed by atoms with van der Waals surface area (Å²) in [6.45, 7) is 5.67. The second-order valence-electron chi connectivity index (χ2n) is 4.70. The molecular weight excluding hydrogens is 240 g/mol. The van der Waals surface area contributed by atoms with Crippen LogP contribution in [0.1, 0.15) is 42.9 Å². The zero-order valence-electron chi connectivity index (χ0n) is 11.4. The number of aromatic nitrogens is 2. The van der Waals surface area contributed by atoms with Gasteiger partial charge in [0.25, 0.3) is 0 Å². The third kappa shape index (κ3) is 3.02. The van der Waals surface area contributed by atoms with E-state index in [1.54, 1.807) is 16.9 Å². The topological polar surface area (TPSA) is 44.1 Å². The molecule has 19 heavy (non-hydrogen) atoms. The Hall–Kier alpha value is -2.10. The molecule has 1 heterocycles. The van der Waals surface area contributed by atoms with Crippen LogP contribution in [0.3, 0.4) is 0 Å². The second kappa shape index (κ2) is 5.69. The van der Waals surface area contributed by atoms with Crippen LogP contribution in [0.25, 0.3) is 0 Å². The Morgan fingerprint density at radius 2 is 1.84 bits per heavy atom. The van der Waals surface area contributed by atoms with E-state index in [0.29, 0.717) is 5.69 Å². The lowest BCUT2D eigenvalue weighted by Crippen LogP contribution is -2.19. The van der Waals surface area contributed by atoms with Gasteiger partial charge in [-0.15, -0.1) is 0 Å². The number of hydrogen-bond acceptors (Lipinski definition) is 3. The van der Waals surface area contributed by atoms with Crippen LogP contribution in [0.4, 0.5) is 0 Å². The van der Waals surface area contributed by atoms with Crippen LogP contribution in [-0.4, -0.2) is 21.9 Å². The molecule has 100 valence electrons. The number of rotatable bonds is 4. The molecule has 0 saturated heterocycles. The van der Waals surface area contributed by atoms with E-state index in [1.165, 1.54) is 0 Å². The van der Waals surface area contributed by atoms with E-state index in [-0.39, 0.29) is 18.1 Å². The Morgan fingerprint density at radius 1 is 1.16 bits per heavy atom. The zero-order chi connectivity index (χ0) is 13.8. The largest absolute Gasteiger partial charge is 0.458 e. The van der Waals surface area contributed by atoms with Gasteiger partial charge in [0, 0.05) is 6.20 Å². The molecule has 0 bridgehead atoms. The Bertz CT molecular complexity index is 546. The van der Waals surface area contributed by atoms with Crippen molar-refractivity contribution in [2.24, 2.45) is 0 Å². The van der Waals surface area contributed by atoms with Crippen molar-refractivity contribution >= 4 is 5.97 Å². The molecular formula is C15H18N2O2. The molecule has 0 radical (unpaired) electrons. The van der Waals surface area contributed by atoms with Gasteiger partial charge >= 0.3 is 5.97 Å². The standard InChI is InChI=1S/C15H18N2O2/c1-11(2)19-15(18)14-9-10-16-17(14)12(3)13-7-5-4-6-8-13/h4-12H,1-3H3/t12-/m1/s1. The van der Waals surface area contributed by atoms with Crippen molar-refractivity contribution in [3.8, 4) is 0 Å². The molecule has 0 unspecified atom stereocenters. The highest BCUT2D eigenvalue weighted by atomic mass is 16.5. The van der Waals surface area contributed by atoms with Gasteiger partial charge in [-0.1, -0.05) is 30.3 Å². The van der Waals surface area contributed by atoms with E-state index in [4.69, 9.17) is 4.74 Å². The summed E-state index contributed by atoms with van der Waals surface area (Å²) < 4.78 is 6.92. The van der Waals surface area contributed by atoms with Gasteiger partial charge in [-0.3, -0.25) is 4.68 Å². The molecule has 2 aromatic rings. The van der Waals surface area contributed by atoms with Crippen LogP contribution < -0.4 is 0 Å². The number of ether oxygens (including phenoxy) is 1. The van der Waals surface area contributed by atoms with Crippen molar-refractivity contribution in [1.29, 1.82) is 0 Å². The van der Waals surface area contributed by atoms with Gasteiger partial charge in [0.15, 0.2) is 0 Å². The zero-order valence-corrected chi connectivity index (χ0v) is 11.4. The van der Waals surface area contributed by atoms with Gasteiger partial charge < -0.3 is 4.74 Å². The second-order valence-corrected chi connectivity index (χ2v) is 4.70. The highest BCUT2D eigenvalue weighted by Gasteiger charge is 2.19. The molecule has 0 amide bonds. The molecule has 4 heteroatoms. The van der Waals surface area contributed by atoms with Gasteiger partial charge in [-0.05, 0) is 32.4 Å². The van der Waals surface area contributed by atoms with E-state index in [2.05, 4.69) is 5.10 Å². The Balaban J connectivity index is 2.27.